The molecule has 2 amide bonds. The van der Waals surface area contributed by atoms with Crippen LogP contribution in [-0.4, -0.2) is 24.6 Å². The average molecular weight is 393 g/mol. The lowest BCUT2D eigenvalue weighted by Crippen LogP contribution is -2.26. The maximum absolute atomic E-state index is 12.1. The van der Waals surface area contributed by atoms with E-state index in [0.717, 1.165) is 5.39 Å². The summed E-state index contributed by atoms with van der Waals surface area (Å²) in [5.74, 6) is -0.449. The van der Waals surface area contributed by atoms with Crippen molar-refractivity contribution in [1.82, 2.24) is 5.43 Å². The van der Waals surface area contributed by atoms with Crippen molar-refractivity contribution in [2.75, 3.05) is 12.4 Å². The molecule has 8 nitrogen and oxygen atoms in total. The number of para-hydroxylation sites is 1. The Hall–Kier alpha value is -3.94. The lowest BCUT2D eigenvalue weighted by atomic mass is 10.1. The lowest BCUT2D eigenvalue weighted by molar-refractivity contribution is -0.126. The molecule has 0 bridgehead atoms. The lowest BCUT2D eigenvalue weighted by Gasteiger charge is -2.06. The highest BCUT2D eigenvalue weighted by molar-refractivity contribution is 6.05. The Bertz CT molecular complexity index is 1130. The van der Waals surface area contributed by atoms with E-state index in [2.05, 4.69) is 15.8 Å². The third-order valence-electron chi connectivity index (χ3n) is 4.07. The summed E-state index contributed by atoms with van der Waals surface area (Å²) in [7, 11) is 1.54. The number of methoxy groups -OCH3 is 1. The van der Waals surface area contributed by atoms with Gasteiger partial charge in [0.15, 0.2) is 0 Å². The van der Waals surface area contributed by atoms with Gasteiger partial charge in [0.1, 0.15) is 17.8 Å². The van der Waals surface area contributed by atoms with Gasteiger partial charge in [0.05, 0.1) is 18.4 Å². The molecule has 0 aliphatic heterocycles. The molecule has 1 aromatic heterocycles. The average Bonchev–Trinajstić information content (AvgIpc) is 2.72. The molecule has 29 heavy (non-hydrogen) atoms. The fraction of sp³-hybridized carbons (Fsp3) is 0.143. The van der Waals surface area contributed by atoms with Gasteiger partial charge >= 0.3 is 5.63 Å². The molecule has 3 aromatic rings. The van der Waals surface area contributed by atoms with Gasteiger partial charge in [-0.1, -0.05) is 18.2 Å². The fourth-order valence-corrected chi connectivity index (χ4v) is 2.59. The van der Waals surface area contributed by atoms with Crippen molar-refractivity contribution in [3.63, 3.8) is 0 Å². The number of amides is 2. The van der Waals surface area contributed by atoms with E-state index < -0.39 is 23.9 Å². The fourth-order valence-electron chi connectivity index (χ4n) is 2.59. The van der Waals surface area contributed by atoms with Gasteiger partial charge in [-0.2, -0.15) is 5.10 Å². The summed E-state index contributed by atoms with van der Waals surface area (Å²) >= 11 is 0. The number of rotatable bonds is 6. The van der Waals surface area contributed by atoms with Crippen LogP contribution in [-0.2, 0) is 9.59 Å². The zero-order valence-corrected chi connectivity index (χ0v) is 15.9. The normalized spacial score (nSPS) is 11.2. The zero-order chi connectivity index (χ0) is 20.8. The van der Waals surface area contributed by atoms with Gasteiger partial charge in [0.2, 0.25) is 11.8 Å². The van der Waals surface area contributed by atoms with Crippen LogP contribution in [0.15, 0.2) is 68.9 Å². The number of benzene rings is 2. The Labute approximate surface area is 166 Å². The number of anilines is 1. The van der Waals surface area contributed by atoms with E-state index in [9.17, 15) is 14.4 Å². The van der Waals surface area contributed by atoms with Crippen molar-refractivity contribution in [1.29, 1.82) is 0 Å². The van der Waals surface area contributed by atoms with Crippen LogP contribution in [0.1, 0.15) is 18.9 Å². The predicted molar refractivity (Wildman–Crippen MR) is 109 cm³/mol. The van der Waals surface area contributed by atoms with Crippen LogP contribution in [0.5, 0.6) is 5.75 Å². The number of carbonyl (C=O) groups is 2. The van der Waals surface area contributed by atoms with Crippen molar-refractivity contribution < 1.29 is 18.7 Å². The highest BCUT2D eigenvalue weighted by atomic mass is 16.5. The number of hydrogen-bond donors (Lipinski definition) is 2. The van der Waals surface area contributed by atoms with Crippen molar-refractivity contribution in [2.24, 2.45) is 5.10 Å². The minimum absolute atomic E-state index is 0.228. The molecule has 148 valence electrons. The molecule has 0 fully saturated rings. The van der Waals surface area contributed by atoms with Gasteiger partial charge in [-0.05, 0) is 43.3 Å². The summed E-state index contributed by atoms with van der Waals surface area (Å²) in [6.45, 7) is 1.57. The molecule has 8 heteroatoms. The summed E-state index contributed by atoms with van der Waals surface area (Å²) in [6.07, 6.45) is -0.421. The third kappa shape index (κ3) is 5.07. The summed E-state index contributed by atoms with van der Waals surface area (Å²) in [4.78, 5) is 36.1. The molecule has 2 aromatic carbocycles. The second kappa shape index (κ2) is 8.83. The van der Waals surface area contributed by atoms with E-state index in [1.165, 1.54) is 0 Å². The quantitative estimate of drug-likeness (QED) is 0.290. The highest BCUT2D eigenvalue weighted by Gasteiger charge is 2.11. The monoisotopic (exact) mass is 393 g/mol. The van der Waals surface area contributed by atoms with Crippen molar-refractivity contribution >= 4 is 34.2 Å². The van der Waals surface area contributed by atoms with Gasteiger partial charge in [0, 0.05) is 11.1 Å². The number of nitrogens with one attached hydrogen (secondary N) is 2. The van der Waals surface area contributed by atoms with Gasteiger partial charge in [-0.15, -0.1) is 0 Å². The van der Waals surface area contributed by atoms with E-state index in [1.54, 1.807) is 62.6 Å². The molecule has 0 atom stereocenters. The van der Waals surface area contributed by atoms with Crippen LogP contribution in [0, 0.1) is 0 Å². The molecule has 0 saturated carbocycles. The maximum atomic E-state index is 12.1. The van der Waals surface area contributed by atoms with Crippen LogP contribution in [0.2, 0.25) is 0 Å². The molecule has 0 saturated heterocycles. The Morgan fingerprint density at radius 2 is 1.79 bits per heavy atom. The first-order valence-corrected chi connectivity index (χ1v) is 8.76. The Balaban J connectivity index is 1.61. The SMILES string of the molecule is COc1ccc(NC(=O)CC(=O)NN=C(C)c2cc3ccccc3oc2=O)cc1. The number of hydrogen-bond acceptors (Lipinski definition) is 6. The topological polar surface area (TPSA) is 110 Å². The number of nitrogens with zero attached hydrogens (tertiary/aromatic N) is 1. The third-order valence-corrected chi connectivity index (χ3v) is 4.07. The molecule has 0 spiro atoms. The van der Waals surface area contributed by atoms with Crippen LogP contribution >= 0.6 is 0 Å². The molecule has 0 aliphatic carbocycles. The Morgan fingerprint density at radius 3 is 2.52 bits per heavy atom. The first-order valence-electron chi connectivity index (χ1n) is 8.76. The van der Waals surface area contributed by atoms with Gasteiger partial charge < -0.3 is 14.5 Å². The molecule has 1 heterocycles. The van der Waals surface area contributed by atoms with Crippen LogP contribution < -0.4 is 21.1 Å². The summed E-state index contributed by atoms with van der Waals surface area (Å²) in [6, 6.07) is 15.4. The number of carbonyl (C=O) groups excluding carboxylic acids is 2. The predicted octanol–water partition coefficient (Wildman–Crippen LogP) is 2.67. The molecule has 0 aliphatic rings. The molecular formula is C21H19N3O5. The standard InChI is InChI=1S/C21H19N3O5/c1-13(17-11-14-5-3-4-6-18(14)29-21(17)27)23-24-20(26)12-19(25)22-15-7-9-16(28-2)10-8-15/h3-11H,12H2,1-2H3,(H,22,25)(H,24,26). The van der Waals surface area contributed by atoms with Crippen molar-refractivity contribution in [3.8, 4) is 5.75 Å². The van der Waals surface area contributed by atoms with Gasteiger partial charge in [0.25, 0.3) is 0 Å². The summed E-state index contributed by atoms with van der Waals surface area (Å²) < 4.78 is 10.3. The van der Waals surface area contributed by atoms with Crippen molar-refractivity contribution in [2.45, 2.75) is 13.3 Å². The van der Waals surface area contributed by atoms with Crippen LogP contribution in [0.3, 0.4) is 0 Å². The van der Waals surface area contributed by atoms with Crippen LogP contribution in [0.25, 0.3) is 11.0 Å². The zero-order valence-electron chi connectivity index (χ0n) is 15.9. The number of fused-ring (bicyclic) bond motifs is 1. The maximum Gasteiger partial charge on any atom is 0.345 e. The van der Waals surface area contributed by atoms with Gasteiger partial charge in [-0.25, -0.2) is 10.2 Å². The molecule has 2 N–H and O–H groups in total. The molecular weight excluding hydrogens is 374 g/mol. The summed E-state index contributed by atoms with van der Waals surface area (Å²) in [5.41, 5.74) is 3.22. The Kier molecular flexibility index (Phi) is 6.03. The molecule has 0 radical (unpaired) electrons. The van der Waals surface area contributed by atoms with E-state index in [4.69, 9.17) is 9.15 Å². The van der Waals surface area contributed by atoms with Crippen molar-refractivity contribution in [3.05, 3.63) is 70.6 Å². The smallest absolute Gasteiger partial charge is 0.345 e. The number of hydrazone groups is 1. The second-order valence-electron chi connectivity index (χ2n) is 6.17. The molecule has 0 unspecified atom stereocenters. The molecule has 3 rings (SSSR count). The second-order valence-corrected chi connectivity index (χ2v) is 6.17. The minimum atomic E-state index is -0.611. The number of ether oxygens (including phenoxy) is 1. The largest absolute Gasteiger partial charge is 0.497 e. The highest BCUT2D eigenvalue weighted by Crippen LogP contribution is 2.15. The first-order chi connectivity index (χ1) is 14.0. The van der Waals surface area contributed by atoms with E-state index >= 15 is 0 Å². The van der Waals surface area contributed by atoms with E-state index in [0.29, 0.717) is 17.0 Å². The Morgan fingerprint density at radius 1 is 1.07 bits per heavy atom. The first kappa shape index (κ1) is 19.8. The minimum Gasteiger partial charge on any atom is -0.497 e. The summed E-state index contributed by atoms with van der Waals surface area (Å²) in [5, 5.41) is 7.25. The van der Waals surface area contributed by atoms with Crippen LogP contribution in [0.4, 0.5) is 5.69 Å². The van der Waals surface area contributed by atoms with Gasteiger partial charge in [-0.3, -0.25) is 9.59 Å². The van der Waals surface area contributed by atoms with E-state index in [1.807, 2.05) is 6.07 Å². The van der Waals surface area contributed by atoms with E-state index in [-0.39, 0.29) is 11.3 Å².